The third-order valence-electron chi connectivity index (χ3n) is 4.76. The van der Waals surface area contributed by atoms with E-state index in [0.29, 0.717) is 12.8 Å². The number of aliphatic imine (C=N–C) groups is 1. The molecule has 174 valence electrons. The molecule has 0 saturated carbocycles. The highest BCUT2D eigenvalue weighted by molar-refractivity contribution is 6.43. The van der Waals surface area contributed by atoms with E-state index in [0.717, 1.165) is 12.8 Å². The first kappa shape index (κ1) is 26.4. The van der Waals surface area contributed by atoms with Gasteiger partial charge in [-0.25, -0.2) is 15.1 Å². The first-order valence-corrected chi connectivity index (χ1v) is 10.4. The van der Waals surface area contributed by atoms with E-state index in [2.05, 4.69) is 15.6 Å². The number of hydrogen-bond acceptors (Lipinski definition) is 7. The van der Waals surface area contributed by atoms with Crippen LogP contribution in [0.25, 0.3) is 0 Å². The first-order valence-electron chi connectivity index (χ1n) is 10.4. The second-order valence-electron chi connectivity index (χ2n) is 8.03. The number of rotatable bonds is 13. The van der Waals surface area contributed by atoms with Crippen molar-refractivity contribution in [3.63, 3.8) is 0 Å². The van der Waals surface area contributed by atoms with Crippen LogP contribution in [-0.2, 0) is 9.59 Å². The highest BCUT2D eigenvalue weighted by Crippen LogP contribution is 2.20. The van der Waals surface area contributed by atoms with Crippen molar-refractivity contribution in [1.82, 2.24) is 16.1 Å². The molecule has 0 aromatic carbocycles. The summed E-state index contributed by atoms with van der Waals surface area (Å²) in [7, 11) is -1.73. The second kappa shape index (κ2) is 13.6. The summed E-state index contributed by atoms with van der Waals surface area (Å²) < 4.78 is 0. The largest absolute Gasteiger partial charge is 0.475 e. The van der Waals surface area contributed by atoms with Gasteiger partial charge in [0.15, 0.2) is 5.03 Å². The number of nitrogens with zero attached hydrogens (tertiary/aromatic N) is 2. The average Bonchev–Trinajstić information content (AvgIpc) is 3.15. The molecule has 0 radical (unpaired) electrons. The van der Waals surface area contributed by atoms with E-state index in [1.165, 1.54) is 0 Å². The molecule has 3 atom stereocenters. The van der Waals surface area contributed by atoms with Gasteiger partial charge in [0.2, 0.25) is 11.8 Å². The monoisotopic (exact) mass is 440 g/mol. The number of allylic oxidation sites excluding steroid dienone is 2. The average molecular weight is 440 g/mol. The smallest absolute Gasteiger partial charge is 0.426 e. The van der Waals surface area contributed by atoms with Crippen molar-refractivity contribution in [1.29, 1.82) is 0 Å². The fourth-order valence-electron chi connectivity index (χ4n) is 3.30. The molecule has 2 amide bonds. The van der Waals surface area contributed by atoms with Crippen LogP contribution in [0, 0.1) is 22.0 Å². The molecule has 0 spiro atoms. The number of hydrazine groups is 1. The molecule has 0 aromatic rings. The molecule has 12 nitrogen and oxygen atoms in total. The molecule has 31 heavy (non-hydrogen) atoms. The van der Waals surface area contributed by atoms with Crippen LogP contribution in [0.2, 0.25) is 0 Å². The normalized spacial score (nSPS) is 17.8. The number of hydrogen-bond donors (Lipinski definition) is 6. The van der Waals surface area contributed by atoms with Gasteiger partial charge >= 0.3 is 7.12 Å². The minimum atomic E-state index is -1.73. The maximum Gasteiger partial charge on any atom is 0.475 e. The van der Waals surface area contributed by atoms with E-state index >= 15 is 0 Å². The number of nitrogens with two attached hydrogens (primary N) is 1. The Hall–Kier alpha value is -2.67. The van der Waals surface area contributed by atoms with Crippen LogP contribution in [0.1, 0.15) is 52.4 Å². The molecule has 7 N–H and O–H groups in total. The van der Waals surface area contributed by atoms with Crippen LogP contribution in [0.3, 0.4) is 0 Å². The first-order chi connectivity index (χ1) is 14.6. The molecule has 0 heterocycles. The quantitative estimate of drug-likeness (QED) is 0.0409. The zero-order chi connectivity index (χ0) is 23.4. The Bertz CT molecular complexity index is 672. The molecule has 1 unspecified atom stereocenters. The highest BCUT2D eigenvalue weighted by Gasteiger charge is 2.30. The maximum atomic E-state index is 12.8. The lowest BCUT2D eigenvalue weighted by Crippen LogP contribution is -2.54. The van der Waals surface area contributed by atoms with Gasteiger partial charge in [0.25, 0.3) is 5.96 Å². The Kier molecular flexibility index (Phi) is 11.6. The predicted octanol–water partition coefficient (Wildman–Crippen LogP) is -0.753. The van der Waals surface area contributed by atoms with Crippen LogP contribution in [0.4, 0.5) is 0 Å². The zero-order valence-electron chi connectivity index (χ0n) is 18.0. The third-order valence-corrected chi connectivity index (χ3v) is 4.76. The molecule has 1 aliphatic carbocycles. The van der Waals surface area contributed by atoms with E-state index in [9.17, 15) is 29.8 Å². The highest BCUT2D eigenvalue weighted by atomic mass is 16.7. The van der Waals surface area contributed by atoms with Gasteiger partial charge in [-0.1, -0.05) is 31.4 Å². The third kappa shape index (κ3) is 11.3. The van der Waals surface area contributed by atoms with Crippen LogP contribution < -0.4 is 21.8 Å². The summed E-state index contributed by atoms with van der Waals surface area (Å²) >= 11 is 0. The lowest BCUT2D eigenvalue weighted by atomic mass is 9.75. The minimum absolute atomic E-state index is 0.107. The standard InChI is InChI=1S/C18H33BN6O6/c1-12(2)10-15(19(28)29)23-17(27)14(8-5-9-21-18(20)24-25(30)31)22-16(26)11-13-6-3-4-7-13/h3,6,12-15,28-29H,4-5,7-11H2,1-2H3,(H,22,26)(H,23,27)(H3,20,21,24)/t13?,14-,15-/m0/s1. The minimum Gasteiger partial charge on any atom is -0.426 e. The van der Waals surface area contributed by atoms with Gasteiger partial charge in [0, 0.05) is 13.0 Å². The summed E-state index contributed by atoms with van der Waals surface area (Å²) in [6.45, 7) is 3.88. The van der Waals surface area contributed by atoms with Crippen molar-refractivity contribution < 1.29 is 24.7 Å². The van der Waals surface area contributed by atoms with E-state index in [-0.39, 0.29) is 43.1 Å². The van der Waals surface area contributed by atoms with Crippen LogP contribution >= 0.6 is 0 Å². The number of nitrogens with one attached hydrogen (secondary N) is 3. The Morgan fingerprint density at radius 1 is 1.35 bits per heavy atom. The molecule has 0 saturated heterocycles. The van der Waals surface area contributed by atoms with Crippen molar-refractivity contribution in [3.05, 3.63) is 22.3 Å². The van der Waals surface area contributed by atoms with E-state index in [1.54, 1.807) is 5.43 Å². The summed E-state index contributed by atoms with van der Waals surface area (Å²) in [5.74, 6) is -1.80. The zero-order valence-corrected chi connectivity index (χ0v) is 18.0. The topological polar surface area (TPSA) is 192 Å². The van der Waals surface area contributed by atoms with Gasteiger partial charge in [0.1, 0.15) is 6.04 Å². The molecule has 0 aliphatic heterocycles. The maximum absolute atomic E-state index is 12.8. The predicted molar refractivity (Wildman–Crippen MR) is 116 cm³/mol. The molecular formula is C18H33BN6O6. The molecule has 1 aliphatic rings. The molecule has 1 rings (SSSR count). The molecular weight excluding hydrogens is 407 g/mol. The summed E-state index contributed by atoms with van der Waals surface area (Å²) in [5.41, 5.74) is 7.08. The molecule has 0 aromatic heterocycles. The van der Waals surface area contributed by atoms with Crippen molar-refractivity contribution in [2.75, 3.05) is 6.54 Å². The van der Waals surface area contributed by atoms with Gasteiger partial charge < -0.3 is 26.4 Å². The van der Waals surface area contributed by atoms with Gasteiger partial charge in [0.05, 0.1) is 5.94 Å². The summed E-state index contributed by atoms with van der Waals surface area (Å²) in [6, 6.07) is -0.911. The Balaban J connectivity index is 2.72. The van der Waals surface area contributed by atoms with Crippen molar-refractivity contribution in [2.45, 2.75) is 64.4 Å². The number of carbonyl (C=O) groups excluding carboxylic acids is 2. The molecule has 13 heteroatoms. The van der Waals surface area contributed by atoms with Crippen molar-refractivity contribution in [3.8, 4) is 0 Å². The van der Waals surface area contributed by atoms with Crippen molar-refractivity contribution >= 4 is 24.9 Å². The van der Waals surface area contributed by atoms with E-state index < -0.39 is 30.0 Å². The number of carbonyl (C=O) groups is 2. The van der Waals surface area contributed by atoms with Gasteiger partial charge in [-0.05, 0) is 43.9 Å². The van der Waals surface area contributed by atoms with Gasteiger partial charge in [-0.2, -0.15) is 0 Å². The Labute approximate surface area is 182 Å². The lowest BCUT2D eigenvalue weighted by Gasteiger charge is -2.24. The van der Waals surface area contributed by atoms with Gasteiger partial charge in [-0.15, -0.1) is 0 Å². The van der Waals surface area contributed by atoms with E-state index in [4.69, 9.17) is 5.73 Å². The van der Waals surface area contributed by atoms with Crippen LogP contribution in [-0.4, -0.2) is 58.5 Å². The Morgan fingerprint density at radius 3 is 2.61 bits per heavy atom. The SMILES string of the molecule is CC(C)C[C@H](NC(=O)[C@H](CCCN=C(N)N[N+](=O)[O-])NC(=O)CC1C=CCC1)B(O)O. The number of nitro groups is 1. The fraction of sp³-hybridized carbons (Fsp3) is 0.722. The van der Waals surface area contributed by atoms with Crippen LogP contribution in [0.5, 0.6) is 0 Å². The lowest BCUT2D eigenvalue weighted by molar-refractivity contribution is -0.525. The summed E-state index contributed by atoms with van der Waals surface area (Å²) in [5, 5.41) is 33.9. The summed E-state index contributed by atoms with van der Waals surface area (Å²) in [4.78, 5) is 39.3. The number of amides is 2. The van der Waals surface area contributed by atoms with Gasteiger partial charge in [-0.3, -0.25) is 9.59 Å². The molecule has 0 bridgehead atoms. The Morgan fingerprint density at radius 2 is 2.06 bits per heavy atom. The second-order valence-corrected chi connectivity index (χ2v) is 8.03. The van der Waals surface area contributed by atoms with E-state index in [1.807, 2.05) is 26.0 Å². The fourth-order valence-corrected chi connectivity index (χ4v) is 3.30. The number of guanidine groups is 1. The van der Waals surface area contributed by atoms with Crippen LogP contribution in [0.15, 0.2) is 17.1 Å². The summed E-state index contributed by atoms with van der Waals surface area (Å²) in [6.07, 6.45) is 6.93. The van der Waals surface area contributed by atoms with Crippen molar-refractivity contribution in [2.24, 2.45) is 22.6 Å². The molecule has 0 fully saturated rings.